The number of rotatable bonds is 10. The van der Waals surface area contributed by atoms with Crippen LogP contribution < -0.4 is 0 Å². The summed E-state index contributed by atoms with van der Waals surface area (Å²) in [5.74, 6) is -0.134. The van der Waals surface area contributed by atoms with Crippen molar-refractivity contribution in [2.75, 3.05) is 0 Å². The van der Waals surface area contributed by atoms with Crippen molar-refractivity contribution in [3.05, 3.63) is 241 Å². The maximum Gasteiger partial charge on any atom is 0.148 e. The van der Waals surface area contributed by atoms with Gasteiger partial charge in [0.25, 0.3) is 0 Å². The van der Waals surface area contributed by atoms with Crippen LogP contribution >= 0.6 is 0 Å². The second-order valence-corrected chi connectivity index (χ2v) is 21.9. The van der Waals surface area contributed by atoms with Crippen LogP contribution in [0.5, 0.6) is 5.75 Å². The fourth-order valence-electron chi connectivity index (χ4n) is 10.3. The van der Waals surface area contributed by atoms with Gasteiger partial charge < -0.3 is 5.11 Å². The standard InChI is InChI=1S/C71H62N3O.Pt/c1-46(2)59-44-61(52-28-19-12-20-29-52)66(45-60(59)51-26-17-11-18-27-51)74-65-31-21-30-58(67(65)73-69(74)62-42-57(70(3,4)5)43-63(68(62)75)71(6,7)8)55-38-54(48-24-15-10-16-25-48)39-56(40-55)64-41-53(36-37-72-64)50-34-32-49(33-35-50)47-22-13-9-14-23-47;/h9-39,41-46,75H,1-8H3;/q-1;/i46D;. The van der Waals surface area contributed by atoms with Crippen LogP contribution in [0.1, 0.15) is 79.3 Å². The van der Waals surface area contributed by atoms with Crippen molar-refractivity contribution in [1.29, 1.82) is 0 Å². The Morgan fingerprint density at radius 2 is 1.03 bits per heavy atom. The van der Waals surface area contributed by atoms with Crippen molar-refractivity contribution in [1.82, 2.24) is 14.5 Å². The zero-order valence-electron chi connectivity index (χ0n) is 45.4. The fraction of sp³-hybridized carbons (Fsp3) is 0.155. The Labute approximate surface area is 464 Å². The summed E-state index contributed by atoms with van der Waals surface area (Å²) in [6.07, 6.45) is 1.89. The average Bonchev–Trinajstić information content (AvgIpc) is 4.02. The summed E-state index contributed by atoms with van der Waals surface area (Å²) in [7, 11) is 0. The Kier molecular flexibility index (Phi) is 13.9. The predicted molar refractivity (Wildman–Crippen MR) is 314 cm³/mol. The molecule has 378 valence electrons. The molecule has 9 aromatic carbocycles. The van der Waals surface area contributed by atoms with Gasteiger partial charge in [0.15, 0.2) is 0 Å². The van der Waals surface area contributed by atoms with Gasteiger partial charge in [-0.25, -0.2) is 4.98 Å². The van der Waals surface area contributed by atoms with E-state index in [0.717, 1.165) is 100 Å². The summed E-state index contributed by atoms with van der Waals surface area (Å²) in [6, 6.07) is 78.1. The molecule has 11 aromatic rings. The first-order chi connectivity index (χ1) is 36.5. The Hall–Kier alpha value is -7.91. The van der Waals surface area contributed by atoms with Gasteiger partial charge in [-0.1, -0.05) is 242 Å². The van der Waals surface area contributed by atoms with Gasteiger partial charge in [-0.15, -0.1) is 23.8 Å². The number of fused-ring (bicyclic) bond motifs is 1. The Morgan fingerprint density at radius 1 is 0.487 bits per heavy atom. The van der Waals surface area contributed by atoms with Crippen LogP contribution in [0, 0.1) is 6.07 Å². The molecule has 2 heterocycles. The van der Waals surface area contributed by atoms with Gasteiger partial charge in [0.05, 0.1) is 22.3 Å². The maximum absolute atomic E-state index is 12.8. The van der Waals surface area contributed by atoms with Crippen LogP contribution in [0.3, 0.4) is 0 Å². The van der Waals surface area contributed by atoms with E-state index in [4.69, 9.17) is 9.97 Å². The molecule has 1 N–H and O–H groups in total. The molecule has 0 radical (unpaired) electrons. The molecule has 11 rings (SSSR count). The van der Waals surface area contributed by atoms with Gasteiger partial charge >= 0.3 is 0 Å². The van der Waals surface area contributed by atoms with Crippen molar-refractivity contribution in [3.8, 4) is 101 Å². The molecule has 0 saturated carbocycles. The van der Waals surface area contributed by atoms with Gasteiger partial charge in [-0.05, 0) is 103 Å². The molecule has 2 aromatic heterocycles. The van der Waals surface area contributed by atoms with E-state index >= 15 is 0 Å². The van der Waals surface area contributed by atoms with E-state index in [2.05, 4.69) is 240 Å². The quantitative estimate of drug-likeness (QED) is 0.139. The van der Waals surface area contributed by atoms with Crippen LogP contribution in [0.15, 0.2) is 219 Å². The second-order valence-electron chi connectivity index (χ2n) is 21.9. The molecule has 0 aliphatic rings. The van der Waals surface area contributed by atoms with Gasteiger partial charge in [-0.2, -0.15) is 0 Å². The molecule has 4 nitrogen and oxygen atoms in total. The smallest absolute Gasteiger partial charge is 0.148 e. The van der Waals surface area contributed by atoms with Crippen LogP contribution in [0.25, 0.3) is 106 Å². The number of hydrogen-bond acceptors (Lipinski definition) is 3. The molecule has 0 spiro atoms. The number of phenols is 1. The van der Waals surface area contributed by atoms with Gasteiger partial charge in [0.1, 0.15) is 11.6 Å². The third-order valence-electron chi connectivity index (χ3n) is 14.4. The third-order valence-corrected chi connectivity index (χ3v) is 14.4. The minimum atomic E-state index is -0.945. The predicted octanol–water partition coefficient (Wildman–Crippen LogP) is 19.0. The van der Waals surface area contributed by atoms with E-state index < -0.39 is 5.89 Å². The van der Waals surface area contributed by atoms with Gasteiger partial charge in [-0.3, -0.25) is 9.55 Å². The van der Waals surface area contributed by atoms with Gasteiger partial charge in [0, 0.05) is 45.5 Å². The molecule has 0 unspecified atom stereocenters. The first-order valence-electron chi connectivity index (χ1n) is 26.4. The van der Waals surface area contributed by atoms with Crippen molar-refractivity contribution >= 4 is 11.0 Å². The summed E-state index contributed by atoms with van der Waals surface area (Å²) in [5.41, 5.74) is 19.3. The monoisotopic (exact) mass is 1170 g/mol. The van der Waals surface area contributed by atoms with Crippen molar-refractivity contribution in [2.45, 2.75) is 72.1 Å². The van der Waals surface area contributed by atoms with Crippen LogP contribution in [0.4, 0.5) is 0 Å². The Bertz CT molecular complexity index is 3910. The normalized spacial score (nSPS) is 12.1. The summed E-state index contributed by atoms with van der Waals surface area (Å²) in [4.78, 5) is 10.8. The molecule has 0 saturated heterocycles. The first kappa shape index (κ1) is 50.3. The molecule has 0 aliphatic carbocycles. The van der Waals surface area contributed by atoms with E-state index in [1.165, 1.54) is 11.1 Å². The van der Waals surface area contributed by atoms with Crippen molar-refractivity contribution in [3.63, 3.8) is 0 Å². The molecule has 76 heavy (non-hydrogen) atoms. The second kappa shape index (κ2) is 21.0. The molecule has 0 bridgehead atoms. The van der Waals surface area contributed by atoms with Crippen LogP contribution in [0.2, 0.25) is 0 Å². The minimum Gasteiger partial charge on any atom is -0.507 e. The minimum absolute atomic E-state index is 0. The zero-order chi connectivity index (χ0) is 52.9. The van der Waals surface area contributed by atoms with Crippen molar-refractivity contribution < 1.29 is 27.5 Å². The van der Waals surface area contributed by atoms with E-state index in [9.17, 15) is 6.48 Å². The van der Waals surface area contributed by atoms with E-state index in [0.29, 0.717) is 11.4 Å². The van der Waals surface area contributed by atoms with E-state index in [1.54, 1.807) is 0 Å². The number of imidazole rings is 1. The zero-order valence-corrected chi connectivity index (χ0v) is 46.7. The number of phenolic OH excluding ortho intramolecular Hbond substituents is 1. The van der Waals surface area contributed by atoms with Crippen molar-refractivity contribution in [2.24, 2.45) is 0 Å². The molecule has 5 heteroatoms. The number of aromatic hydroxyl groups is 1. The molecule has 0 atom stereocenters. The fourth-order valence-corrected chi connectivity index (χ4v) is 10.3. The van der Waals surface area contributed by atoms with Gasteiger partial charge in [0.2, 0.25) is 0 Å². The molecular formula is C71H62N3OPt-. The number of nitrogens with zero attached hydrogens (tertiary/aromatic N) is 3. The number of pyridine rings is 1. The van der Waals surface area contributed by atoms with E-state index in [1.807, 2.05) is 44.3 Å². The topological polar surface area (TPSA) is 50.9 Å². The van der Waals surface area contributed by atoms with Crippen LogP contribution in [-0.2, 0) is 31.9 Å². The van der Waals surface area contributed by atoms with E-state index in [-0.39, 0.29) is 37.6 Å². The first-order valence-corrected chi connectivity index (χ1v) is 25.9. The summed E-state index contributed by atoms with van der Waals surface area (Å²) < 4.78 is 11.8. The summed E-state index contributed by atoms with van der Waals surface area (Å²) in [5, 5.41) is 12.8. The Balaban J connectivity index is 0.00000672. The Morgan fingerprint density at radius 3 is 1.61 bits per heavy atom. The molecule has 0 fully saturated rings. The maximum atomic E-state index is 12.8. The third kappa shape index (κ3) is 10.1. The number of para-hydroxylation sites is 1. The number of aromatic nitrogens is 3. The van der Waals surface area contributed by atoms with Crippen LogP contribution in [-0.4, -0.2) is 19.6 Å². The summed E-state index contributed by atoms with van der Waals surface area (Å²) >= 11 is 0. The largest absolute Gasteiger partial charge is 0.507 e. The average molecular weight is 1170 g/mol. The number of benzene rings is 9. The SMILES string of the molecule is [2H]C(C)(C)c1cc(-c2ccccc2)c(-n2c(-c3cc(C(C)(C)C)cc(C(C)(C)C)c3O)nc3c(-c4[c-]c(-c5cc(-c6ccc(-c7ccccc7)cc6)ccn5)cc(-c5ccccc5)c4)cccc32)cc1-c1ccccc1.[Pt]. The summed E-state index contributed by atoms with van der Waals surface area (Å²) in [6.45, 7) is 17.0. The molecule has 0 amide bonds. The molecular weight excluding hydrogens is 1110 g/mol. The molecule has 0 aliphatic heterocycles. The number of hydrogen-bond donors (Lipinski definition) is 1.